The average molecular weight is 525 g/mol. The van der Waals surface area contributed by atoms with Gasteiger partial charge in [-0.1, -0.05) is 78.9 Å². The molecule has 192 valence electrons. The van der Waals surface area contributed by atoms with Crippen LogP contribution in [0.25, 0.3) is 66.2 Å². The molecule has 8 rings (SSSR count). The van der Waals surface area contributed by atoms with E-state index in [2.05, 4.69) is 124 Å². The van der Waals surface area contributed by atoms with Crippen molar-refractivity contribution in [3.05, 3.63) is 139 Å². The monoisotopic (exact) mass is 524 g/mol. The third-order valence-corrected chi connectivity index (χ3v) is 8.03. The summed E-state index contributed by atoms with van der Waals surface area (Å²) in [4.78, 5) is 4.89. The number of aromatic nitrogens is 3. The molecule has 0 aliphatic heterocycles. The number of rotatable bonds is 3. The lowest BCUT2D eigenvalue weighted by Crippen LogP contribution is -2.05. The number of fused-ring (bicyclic) bond motifs is 6. The summed E-state index contributed by atoms with van der Waals surface area (Å²) in [7, 11) is 0. The second kappa shape index (κ2) is 8.94. The first-order valence-corrected chi connectivity index (χ1v) is 13.7. The van der Waals surface area contributed by atoms with E-state index >= 15 is 0 Å². The Bertz CT molecular complexity index is 2100. The van der Waals surface area contributed by atoms with Gasteiger partial charge in [0.2, 0.25) is 0 Å². The predicted octanol–water partition coefficient (Wildman–Crippen LogP) is 9.12. The SMILES string of the molecule is Cc1cccc(-c2cc(-n3c4ccccc4c4ccccc43)c(C#N)c(-n3c4ccccc4c4ccccc43)c2)n1. The second-order valence-corrected chi connectivity index (χ2v) is 10.4. The summed E-state index contributed by atoms with van der Waals surface area (Å²) in [5.41, 5.74) is 9.31. The summed E-state index contributed by atoms with van der Waals surface area (Å²) < 4.78 is 4.47. The van der Waals surface area contributed by atoms with Crippen LogP contribution in [-0.4, -0.2) is 14.1 Å². The van der Waals surface area contributed by atoms with Crippen LogP contribution in [0, 0.1) is 18.3 Å². The molecule has 3 aromatic heterocycles. The molecular formula is C37H24N4. The smallest absolute Gasteiger partial charge is 0.104 e. The fraction of sp³-hybridized carbons (Fsp3) is 0.0270. The van der Waals surface area contributed by atoms with Gasteiger partial charge in [-0.25, -0.2) is 0 Å². The van der Waals surface area contributed by atoms with Crippen LogP contribution in [0.2, 0.25) is 0 Å². The minimum absolute atomic E-state index is 0.611. The second-order valence-electron chi connectivity index (χ2n) is 10.4. The van der Waals surface area contributed by atoms with Crippen LogP contribution in [0.4, 0.5) is 0 Å². The molecule has 0 radical (unpaired) electrons. The molecule has 5 aromatic carbocycles. The van der Waals surface area contributed by atoms with E-state index in [4.69, 9.17) is 4.98 Å². The Kier molecular flexibility index (Phi) is 5.07. The molecule has 0 fully saturated rings. The molecule has 0 spiro atoms. The van der Waals surface area contributed by atoms with Crippen LogP contribution in [0.3, 0.4) is 0 Å². The van der Waals surface area contributed by atoms with Crippen molar-refractivity contribution in [3.63, 3.8) is 0 Å². The molecule has 0 N–H and O–H groups in total. The van der Waals surface area contributed by atoms with Gasteiger partial charge < -0.3 is 9.13 Å². The van der Waals surface area contributed by atoms with Crippen molar-refractivity contribution in [1.29, 1.82) is 5.26 Å². The van der Waals surface area contributed by atoms with Crippen molar-refractivity contribution in [2.45, 2.75) is 6.92 Å². The van der Waals surface area contributed by atoms with Gasteiger partial charge in [-0.3, -0.25) is 4.98 Å². The maximum atomic E-state index is 10.9. The molecule has 0 atom stereocenters. The summed E-state index contributed by atoms with van der Waals surface area (Å²) in [6.45, 7) is 2.01. The van der Waals surface area contributed by atoms with Gasteiger partial charge in [0.15, 0.2) is 0 Å². The van der Waals surface area contributed by atoms with Crippen molar-refractivity contribution in [3.8, 4) is 28.7 Å². The summed E-state index contributed by atoms with van der Waals surface area (Å²) in [6.07, 6.45) is 0. The molecule has 0 saturated heterocycles. The van der Waals surface area contributed by atoms with E-state index in [-0.39, 0.29) is 0 Å². The Hall–Kier alpha value is -5.66. The first-order valence-electron chi connectivity index (χ1n) is 13.7. The minimum atomic E-state index is 0.611. The minimum Gasteiger partial charge on any atom is -0.308 e. The van der Waals surface area contributed by atoms with E-state index in [0.29, 0.717) is 5.56 Å². The van der Waals surface area contributed by atoms with Gasteiger partial charge in [0.1, 0.15) is 11.6 Å². The summed E-state index contributed by atoms with van der Waals surface area (Å²) in [6, 6.07) is 46.6. The molecule has 0 aliphatic carbocycles. The molecule has 8 aromatic rings. The summed E-state index contributed by atoms with van der Waals surface area (Å²) in [5.74, 6) is 0. The Labute approximate surface area is 237 Å². The number of hydrogen-bond donors (Lipinski definition) is 0. The summed E-state index contributed by atoms with van der Waals surface area (Å²) in [5, 5.41) is 15.5. The molecular weight excluding hydrogens is 500 g/mol. The average Bonchev–Trinajstić information content (AvgIpc) is 3.53. The van der Waals surface area contributed by atoms with E-state index in [9.17, 15) is 5.26 Å². The topological polar surface area (TPSA) is 46.5 Å². The first kappa shape index (κ1) is 23.2. The van der Waals surface area contributed by atoms with Crippen LogP contribution in [0.15, 0.2) is 127 Å². The molecule has 4 nitrogen and oxygen atoms in total. The summed E-state index contributed by atoms with van der Waals surface area (Å²) >= 11 is 0. The van der Waals surface area contributed by atoms with Gasteiger partial charge in [-0.2, -0.15) is 5.26 Å². The molecule has 0 unspecified atom stereocenters. The standard InChI is InChI=1S/C37H24N4/c1-24-11-10-16-31(39-24)25-21-36(40-32-17-6-2-12-26(32)27-13-3-7-18-33(27)40)30(23-38)37(22-25)41-34-19-8-4-14-28(34)29-15-5-9-20-35(29)41/h2-22H,1H3. The number of hydrogen-bond acceptors (Lipinski definition) is 2. The Morgan fingerprint density at radius 2 is 0.951 bits per heavy atom. The fourth-order valence-electron chi connectivity index (χ4n) is 6.29. The van der Waals surface area contributed by atoms with E-state index in [1.807, 2.05) is 25.1 Å². The number of para-hydroxylation sites is 4. The third kappa shape index (κ3) is 3.43. The lowest BCUT2D eigenvalue weighted by molar-refractivity contribution is 1.11. The molecule has 0 bridgehead atoms. The molecule has 0 aliphatic rings. The zero-order valence-electron chi connectivity index (χ0n) is 22.4. The Balaban J connectivity index is 1.57. The Morgan fingerprint density at radius 1 is 0.537 bits per heavy atom. The van der Waals surface area contributed by atoms with Crippen molar-refractivity contribution in [2.75, 3.05) is 0 Å². The molecule has 3 heterocycles. The van der Waals surface area contributed by atoms with Crippen molar-refractivity contribution >= 4 is 43.6 Å². The van der Waals surface area contributed by atoms with E-state index in [0.717, 1.165) is 71.9 Å². The van der Waals surface area contributed by atoms with Gasteiger partial charge >= 0.3 is 0 Å². The first-order chi connectivity index (χ1) is 20.2. The number of aryl methyl sites for hydroxylation is 1. The molecule has 0 saturated carbocycles. The maximum absolute atomic E-state index is 10.9. The lowest BCUT2D eigenvalue weighted by atomic mass is 10.0. The van der Waals surface area contributed by atoms with Gasteiger partial charge in [0.25, 0.3) is 0 Å². The Morgan fingerprint density at radius 3 is 1.34 bits per heavy atom. The highest BCUT2D eigenvalue weighted by molar-refractivity contribution is 6.11. The number of nitriles is 1. The lowest BCUT2D eigenvalue weighted by Gasteiger charge is -2.18. The fourth-order valence-corrected chi connectivity index (χ4v) is 6.29. The molecule has 0 amide bonds. The molecule has 41 heavy (non-hydrogen) atoms. The van der Waals surface area contributed by atoms with Crippen LogP contribution in [0.1, 0.15) is 11.3 Å². The zero-order chi connectivity index (χ0) is 27.5. The van der Waals surface area contributed by atoms with Crippen molar-refractivity contribution in [1.82, 2.24) is 14.1 Å². The van der Waals surface area contributed by atoms with Crippen LogP contribution in [0.5, 0.6) is 0 Å². The highest BCUT2D eigenvalue weighted by Crippen LogP contribution is 2.39. The normalized spacial score (nSPS) is 11.5. The van der Waals surface area contributed by atoms with Gasteiger partial charge in [-0.05, 0) is 55.5 Å². The van der Waals surface area contributed by atoms with Crippen LogP contribution >= 0.6 is 0 Å². The molecule has 4 heteroatoms. The zero-order valence-corrected chi connectivity index (χ0v) is 22.4. The maximum Gasteiger partial charge on any atom is 0.104 e. The largest absolute Gasteiger partial charge is 0.308 e. The van der Waals surface area contributed by atoms with Gasteiger partial charge in [0.05, 0.1) is 39.1 Å². The predicted molar refractivity (Wildman–Crippen MR) is 168 cm³/mol. The van der Waals surface area contributed by atoms with Gasteiger partial charge in [-0.15, -0.1) is 0 Å². The number of benzene rings is 5. The van der Waals surface area contributed by atoms with Crippen LogP contribution in [-0.2, 0) is 0 Å². The van der Waals surface area contributed by atoms with E-state index in [1.165, 1.54) is 0 Å². The third-order valence-electron chi connectivity index (χ3n) is 8.03. The quantitative estimate of drug-likeness (QED) is 0.231. The van der Waals surface area contributed by atoms with Gasteiger partial charge in [0, 0.05) is 32.8 Å². The van der Waals surface area contributed by atoms with E-state index < -0.39 is 0 Å². The highest BCUT2D eigenvalue weighted by Gasteiger charge is 2.22. The number of pyridine rings is 1. The number of nitrogens with zero attached hydrogens (tertiary/aromatic N) is 4. The van der Waals surface area contributed by atoms with Crippen LogP contribution < -0.4 is 0 Å². The van der Waals surface area contributed by atoms with E-state index in [1.54, 1.807) is 0 Å². The van der Waals surface area contributed by atoms with Crippen molar-refractivity contribution < 1.29 is 0 Å². The highest BCUT2D eigenvalue weighted by atomic mass is 15.0. The van der Waals surface area contributed by atoms with Crippen molar-refractivity contribution in [2.24, 2.45) is 0 Å².